The molecular weight excluding hydrogens is 465 g/mol. The van der Waals surface area contributed by atoms with Gasteiger partial charge in [-0.25, -0.2) is 9.78 Å². The predicted octanol–water partition coefficient (Wildman–Crippen LogP) is 2.36. The number of pyridine rings is 1. The zero-order valence-corrected chi connectivity index (χ0v) is 20.2. The van der Waals surface area contributed by atoms with E-state index in [1.54, 1.807) is 37.4 Å². The lowest BCUT2D eigenvalue weighted by atomic mass is 9.95. The summed E-state index contributed by atoms with van der Waals surface area (Å²) in [5.74, 6) is 5.57. The Bertz CT molecular complexity index is 1360. The van der Waals surface area contributed by atoms with Gasteiger partial charge >= 0.3 is 6.03 Å². The summed E-state index contributed by atoms with van der Waals surface area (Å²) in [7, 11) is 1.60. The van der Waals surface area contributed by atoms with Gasteiger partial charge in [0.25, 0.3) is 5.91 Å². The van der Waals surface area contributed by atoms with Crippen molar-refractivity contribution >= 4 is 17.6 Å². The molecule has 0 aliphatic carbocycles. The first-order chi connectivity index (χ1) is 17.1. The van der Waals surface area contributed by atoms with Crippen molar-refractivity contribution in [1.82, 2.24) is 20.1 Å². The van der Waals surface area contributed by atoms with Gasteiger partial charge in [-0.05, 0) is 49.7 Å². The molecule has 3 heterocycles. The van der Waals surface area contributed by atoms with Crippen LogP contribution < -0.4 is 15.0 Å². The standard InChI is InChI=1S/C26H26FN5O4/c1-26(2,16-33)10-9-17-7-8-22-21(12-17)31(3)24(34)20(15-36-22)30-25(35)32-14-18(13-28-32)11-19-5-4-6-23(27)29-19/h4-8,12-14,20,33H,11,15-16H2,1-3H3,(H,30,35). The minimum atomic E-state index is -0.949. The molecular formula is C26H26FN5O4. The number of anilines is 1. The number of hydrogen-bond acceptors (Lipinski definition) is 6. The van der Waals surface area contributed by atoms with Crippen LogP contribution in [-0.2, 0) is 11.2 Å². The molecule has 1 aromatic carbocycles. The predicted molar refractivity (Wildman–Crippen MR) is 130 cm³/mol. The molecule has 0 spiro atoms. The molecule has 0 saturated carbocycles. The van der Waals surface area contributed by atoms with Gasteiger partial charge in [0.1, 0.15) is 18.4 Å². The molecule has 1 aliphatic rings. The van der Waals surface area contributed by atoms with Crippen LogP contribution in [0.3, 0.4) is 0 Å². The Labute approximate surface area is 207 Å². The Morgan fingerprint density at radius 3 is 2.89 bits per heavy atom. The molecule has 0 saturated heterocycles. The number of halogens is 1. The number of aromatic nitrogens is 3. The van der Waals surface area contributed by atoms with Crippen LogP contribution in [0.25, 0.3) is 0 Å². The van der Waals surface area contributed by atoms with Crippen LogP contribution in [0.4, 0.5) is 14.9 Å². The normalized spacial score (nSPS) is 15.3. The van der Waals surface area contributed by atoms with E-state index >= 15 is 0 Å². The Kier molecular flexibility index (Phi) is 7.03. The Balaban J connectivity index is 1.45. The van der Waals surface area contributed by atoms with Crippen molar-refractivity contribution in [3.63, 3.8) is 0 Å². The minimum absolute atomic E-state index is 0.0637. The molecule has 10 heteroatoms. The fourth-order valence-electron chi connectivity index (χ4n) is 3.50. The number of nitrogens with one attached hydrogen (secondary N) is 1. The third-order valence-corrected chi connectivity index (χ3v) is 5.59. The van der Waals surface area contributed by atoms with Gasteiger partial charge in [-0.2, -0.15) is 14.2 Å². The summed E-state index contributed by atoms with van der Waals surface area (Å²) in [5, 5.41) is 16.1. The summed E-state index contributed by atoms with van der Waals surface area (Å²) < 4.78 is 20.2. The third-order valence-electron chi connectivity index (χ3n) is 5.59. The van der Waals surface area contributed by atoms with Gasteiger partial charge in [0.05, 0.1) is 18.5 Å². The highest BCUT2D eigenvalue weighted by Gasteiger charge is 2.31. The molecule has 9 nitrogen and oxygen atoms in total. The number of rotatable bonds is 4. The number of amides is 2. The second-order valence-corrected chi connectivity index (χ2v) is 9.11. The van der Waals surface area contributed by atoms with Crippen molar-refractivity contribution in [3.8, 4) is 17.6 Å². The van der Waals surface area contributed by atoms with E-state index in [0.717, 1.165) is 4.68 Å². The Morgan fingerprint density at radius 1 is 1.33 bits per heavy atom. The van der Waals surface area contributed by atoms with Crippen LogP contribution in [0.1, 0.15) is 30.7 Å². The van der Waals surface area contributed by atoms with E-state index in [0.29, 0.717) is 34.7 Å². The number of likely N-dealkylation sites (N-methyl/N-ethyl adjacent to an activating group) is 1. The lowest BCUT2D eigenvalue weighted by Gasteiger charge is -2.20. The number of carbonyl (C=O) groups is 2. The molecule has 4 rings (SSSR count). The fraction of sp³-hybridized carbons (Fsp3) is 0.308. The van der Waals surface area contributed by atoms with Crippen molar-refractivity contribution < 1.29 is 23.8 Å². The highest BCUT2D eigenvalue weighted by molar-refractivity contribution is 6.00. The van der Waals surface area contributed by atoms with Gasteiger partial charge in [0.15, 0.2) is 0 Å². The average Bonchev–Trinajstić information content (AvgIpc) is 3.29. The first-order valence-electron chi connectivity index (χ1n) is 11.3. The fourth-order valence-corrected chi connectivity index (χ4v) is 3.50. The van der Waals surface area contributed by atoms with Crippen LogP contribution in [0.15, 0.2) is 48.8 Å². The number of fused-ring (bicyclic) bond motifs is 1. The molecule has 2 aromatic heterocycles. The zero-order chi connectivity index (χ0) is 25.9. The second-order valence-electron chi connectivity index (χ2n) is 9.11. The SMILES string of the molecule is CN1C(=O)C(NC(=O)n2cc(Cc3cccc(F)n3)cn2)COc2ccc(C#CC(C)(C)CO)cc21. The maximum Gasteiger partial charge on any atom is 0.342 e. The van der Waals surface area contributed by atoms with Crippen LogP contribution in [0.5, 0.6) is 5.75 Å². The third kappa shape index (κ3) is 5.70. The van der Waals surface area contributed by atoms with E-state index < -0.39 is 23.4 Å². The molecule has 1 aliphatic heterocycles. The topological polar surface area (TPSA) is 110 Å². The molecule has 1 atom stereocenters. The number of nitrogens with zero attached hydrogens (tertiary/aromatic N) is 4. The number of carbonyl (C=O) groups excluding carboxylic acids is 2. The van der Waals surface area contributed by atoms with E-state index in [9.17, 15) is 19.1 Å². The Morgan fingerprint density at radius 2 is 2.14 bits per heavy atom. The lowest BCUT2D eigenvalue weighted by molar-refractivity contribution is -0.120. The largest absolute Gasteiger partial charge is 0.489 e. The van der Waals surface area contributed by atoms with E-state index in [-0.39, 0.29) is 19.1 Å². The molecule has 2 amide bonds. The smallest absolute Gasteiger partial charge is 0.342 e. The maximum atomic E-state index is 13.3. The van der Waals surface area contributed by atoms with E-state index in [1.807, 2.05) is 13.8 Å². The number of ether oxygens (including phenoxy) is 1. The number of aliphatic hydroxyl groups excluding tert-OH is 1. The monoisotopic (exact) mass is 491 g/mol. The van der Waals surface area contributed by atoms with E-state index in [1.165, 1.54) is 23.4 Å². The van der Waals surface area contributed by atoms with Crippen LogP contribution in [-0.4, -0.2) is 58.1 Å². The maximum absolute atomic E-state index is 13.3. The summed E-state index contributed by atoms with van der Waals surface area (Å²) in [6, 6.07) is 8.18. The van der Waals surface area contributed by atoms with Crippen molar-refractivity contribution in [2.24, 2.45) is 5.41 Å². The van der Waals surface area contributed by atoms with Gasteiger partial charge in [-0.3, -0.25) is 4.79 Å². The summed E-state index contributed by atoms with van der Waals surface area (Å²) >= 11 is 0. The highest BCUT2D eigenvalue weighted by Crippen LogP contribution is 2.31. The molecule has 3 aromatic rings. The van der Waals surface area contributed by atoms with Crippen molar-refractivity contribution in [3.05, 3.63) is 71.6 Å². The summed E-state index contributed by atoms with van der Waals surface area (Å²) in [4.78, 5) is 31.1. The van der Waals surface area contributed by atoms with Crippen LogP contribution in [0, 0.1) is 23.2 Å². The van der Waals surface area contributed by atoms with E-state index in [4.69, 9.17) is 4.74 Å². The second kappa shape index (κ2) is 10.2. The van der Waals surface area contributed by atoms with Crippen LogP contribution >= 0.6 is 0 Å². The lowest BCUT2D eigenvalue weighted by Crippen LogP contribution is -2.50. The molecule has 0 radical (unpaired) electrons. The average molecular weight is 492 g/mol. The summed E-state index contributed by atoms with van der Waals surface area (Å²) in [5.41, 5.74) is 1.80. The van der Waals surface area contributed by atoms with Crippen LogP contribution in [0.2, 0.25) is 0 Å². The zero-order valence-electron chi connectivity index (χ0n) is 20.2. The van der Waals surface area contributed by atoms with Gasteiger partial charge in [0.2, 0.25) is 5.95 Å². The molecule has 0 fully saturated rings. The summed E-state index contributed by atoms with van der Waals surface area (Å²) in [6.07, 6.45) is 3.29. The minimum Gasteiger partial charge on any atom is -0.489 e. The van der Waals surface area contributed by atoms with Gasteiger partial charge in [0, 0.05) is 36.3 Å². The summed E-state index contributed by atoms with van der Waals surface area (Å²) in [6.45, 7) is 3.52. The van der Waals surface area contributed by atoms with Gasteiger partial charge < -0.3 is 20.1 Å². The van der Waals surface area contributed by atoms with Crippen molar-refractivity contribution in [1.29, 1.82) is 0 Å². The van der Waals surface area contributed by atoms with Crippen molar-refractivity contribution in [2.75, 3.05) is 25.2 Å². The number of benzene rings is 1. The number of aliphatic hydroxyl groups is 1. The Hall–Kier alpha value is -4.23. The molecule has 36 heavy (non-hydrogen) atoms. The molecule has 2 N–H and O–H groups in total. The number of hydrogen-bond donors (Lipinski definition) is 2. The van der Waals surface area contributed by atoms with Gasteiger partial charge in [-0.15, -0.1) is 0 Å². The molecule has 1 unspecified atom stereocenters. The highest BCUT2D eigenvalue weighted by atomic mass is 19.1. The first-order valence-corrected chi connectivity index (χ1v) is 11.3. The van der Waals surface area contributed by atoms with Gasteiger partial charge in [-0.1, -0.05) is 17.9 Å². The molecule has 0 bridgehead atoms. The first kappa shape index (κ1) is 24.9. The molecule has 186 valence electrons. The quantitative estimate of drug-likeness (QED) is 0.428. The van der Waals surface area contributed by atoms with Crippen molar-refractivity contribution in [2.45, 2.75) is 26.3 Å². The van der Waals surface area contributed by atoms with E-state index in [2.05, 4.69) is 27.2 Å².